The fraction of sp³-hybridized carbons (Fsp3) is 1.00. The Balaban J connectivity index is 2.48. The third-order valence-electron chi connectivity index (χ3n) is 3.63. The molecule has 0 amide bonds. The summed E-state index contributed by atoms with van der Waals surface area (Å²) in [6.45, 7) is 8.26. The number of likely N-dealkylation sites (N-methyl/N-ethyl adjacent to an activating group) is 2. The van der Waals surface area contributed by atoms with Crippen LogP contribution in [0.4, 0.5) is 0 Å². The summed E-state index contributed by atoms with van der Waals surface area (Å²) >= 11 is 0. The summed E-state index contributed by atoms with van der Waals surface area (Å²) < 4.78 is 0. The number of piperidine rings is 1. The molecule has 90 valence electrons. The SMILES string of the molecule is CNC1CCC(C)(C)N(CCN(C)C)C1. The van der Waals surface area contributed by atoms with Crippen LogP contribution in [-0.4, -0.2) is 62.2 Å². The van der Waals surface area contributed by atoms with E-state index < -0.39 is 0 Å². The zero-order valence-electron chi connectivity index (χ0n) is 11.0. The molecule has 3 nitrogen and oxygen atoms in total. The lowest BCUT2D eigenvalue weighted by atomic mass is 9.88. The van der Waals surface area contributed by atoms with E-state index in [9.17, 15) is 0 Å². The van der Waals surface area contributed by atoms with E-state index in [0.29, 0.717) is 11.6 Å². The fourth-order valence-corrected chi connectivity index (χ4v) is 2.24. The van der Waals surface area contributed by atoms with Crippen molar-refractivity contribution in [1.29, 1.82) is 0 Å². The summed E-state index contributed by atoms with van der Waals surface area (Å²) in [6.07, 6.45) is 2.61. The molecule has 1 fully saturated rings. The Labute approximate surface area is 94.8 Å². The van der Waals surface area contributed by atoms with Gasteiger partial charge in [0.2, 0.25) is 0 Å². The highest BCUT2D eigenvalue weighted by molar-refractivity contribution is 4.91. The molecule has 1 aliphatic rings. The van der Waals surface area contributed by atoms with E-state index in [1.165, 1.54) is 25.9 Å². The smallest absolute Gasteiger partial charge is 0.0192 e. The number of likely N-dealkylation sites (tertiary alicyclic amines) is 1. The van der Waals surface area contributed by atoms with Crippen LogP contribution in [0.5, 0.6) is 0 Å². The lowest BCUT2D eigenvalue weighted by Gasteiger charge is -2.46. The van der Waals surface area contributed by atoms with Gasteiger partial charge in [-0.2, -0.15) is 0 Å². The third-order valence-corrected chi connectivity index (χ3v) is 3.63. The van der Waals surface area contributed by atoms with Crippen LogP contribution in [0, 0.1) is 0 Å². The first-order chi connectivity index (χ1) is 6.95. The Morgan fingerprint density at radius 2 is 2.07 bits per heavy atom. The van der Waals surface area contributed by atoms with Crippen molar-refractivity contribution >= 4 is 0 Å². The lowest BCUT2D eigenvalue weighted by molar-refractivity contribution is 0.0536. The number of rotatable bonds is 4. The van der Waals surface area contributed by atoms with E-state index in [1.54, 1.807) is 0 Å². The fourth-order valence-electron chi connectivity index (χ4n) is 2.24. The summed E-state index contributed by atoms with van der Waals surface area (Å²) in [7, 11) is 6.37. The van der Waals surface area contributed by atoms with Crippen molar-refractivity contribution in [2.75, 3.05) is 40.8 Å². The van der Waals surface area contributed by atoms with Gasteiger partial charge in [0.25, 0.3) is 0 Å². The van der Waals surface area contributed by atoms with E-state index in [-0.39, 0.29) is 0 Å². The normalized spacial score (nSPS) is 27.2. The van der Waals surface area contributed by atoms with Crippen molar-refractivity contribution in [3.8, 4) is 0 Å². The molecule has 0 aromatic rings. The summed E-state index contributed by atoms with van der Waals surface area (Å²) in [5.41, 5.74) is 0.378. The average Bonchev–Trinajstić information content (AvgIpc) is 2.15. The Morgan fingerprint density at radius 1 is 1.40 bits per heavy atom. The molecule has 0 aromatic carbocycles. The highest BCUT2D eigenvalue weighted by Gasteiger charge is 2.33. The maximum absolute atomic E-state index is 3.40. The summed E-state index contributed by atoms with van der Waals surface area (Å²) in [6, 6.07) is 0.681. The molecule has 0 aromatic heterocycles. The van der Waals surface area contributed by atoms with Crippen molar-refractivity contribution in [3.05, 3.63) is 0 Å². The number of nitrogens with zero attached hydrogens (tertiary/aromatic N) is 2. The first-order valence-corrected chi connectivity index (χ1v) is 6.03. The predicted octanol–water partition coefficient (Wildman–Crippen LogP) is 1.01. The Bertz CT molecular complexity index is 189. The van der Waals surface area contributed by atoms with Gasteiger partial charge in [0.1, 0.15) is 0 Å². The molecule has 1 saturated heterocycles. The van der Waals surface area contributed by atoms with E-state index in [4.69, 9.17) is 0 Å². The zero-order chi connectivity index (χ0) is 11.5. The maximum atomic E-state index is 3.40. The van der Waals surface area contributed by atoms with E-state index in [1.807, 2.05) is 0 Å². The summed E-state index contributed by atoms with van der Waals surface area (Å²) in [5.74, 6) is 0. The Hall–Kier alpha value is -0.120. The van der Waals surface area contributed by atoms with Crippen LogP contribution in [0.25, 0.3) is 0 Å². The molecule has 0 bridgehead atoms. The molecule has 1 unspecified atom stereocenters. The second-order valence-electron chi connectivity index (χ2n) is 5.59. The molecule has 0 aliphatic carbocycles. The van der Waals surface area contributed by atoms with Gasteiger partial charge in [0.05, 0.1) is 0 Å². The van der Waals surface area contributed by atoms with Crippen molar-refractivity contribution in [1.82, 2.24) is 15.1 Å². The molecule has 1 aliphatic heterocycles. The molecule has 3 heteroatoms. The van der Waals surface area contributed by atoms with Crippen LogP contribution >= 0.6 is 0 Å². The van der Waals surface area contributed by atoms with Gasteiger partial charge in [-0.05, 0) is 47.8 Å². The third kappa shape index (κ3) is 3.74. The van der Waals surface area contributed by atoms with Gasteiger partial charge in [-0.25, -0.2) is 0 Å². The number of hydrogen-bond acceptors (Lipinski definition) is 3. The first kappa shape index (κ1) is 12.9. The monoisotopic (exact) mass is 213 g/mol. The van der Waals surface area contributed by atoms with Crippen LogP contribution in [0.1, 0.15) is 26.7 Å². The molecular weight excluding hydrogens is 186 g/mol. The second-order valence-corrected chi connectivity index (χ2v) is 5.59. The van der Waals surface area contributed by atoms with E-state index >= 15 is 0 Å². The minimum Gasteiger partial charge on any atom is -0.316 e. The molecule has 15 heavy (non-hydrogen) atoms. The quantitative estimate of drug-likeness (QED) is 0.752. The van der Waals surface area contributed by atoms with E-state index in [0.717, 1.165) is 6.54 Å². The van der Waals surface area contributed by atoms with Crippen LogP contribution in [0.2, 0.25) is 0 Å². The van der Waals surface area contributed by atoms with Crippen molar-refractivity contribution < 1.29 is 0 Å². The van der Waals surface area contributed by atoms with Gasteiger partial charge in [-0.3, -0.25) is 4.90 Å². The summed E-state index contributed by atoms with van der Waals surface area (Å²) in [5, 5.41) is 3.40. The zero-order valence-corrected chi connectivity index (χ0v) is 11.0. The minimum atomic E-state index is 0.378. The van der Waals surface area contributed by atoms with Crippen molar-refractivity contribution in [3.63, 3.8) is 0 Å². The Kier molecular flexibility index (Phi) is 4.56. The van der Waals surface area contributed by atoms with Gasteiger partial charge < -0.3 is 10.2 Å². The topological polar surface area (TPSA) is 18.5 Å². The van der Waals surface area contributed by atoms with Crippen LogP contribution < -0.4 is 5.32 Å². The molecule has 1 heterocycles. The second kappa shape index (κ2) is 5.28. The van der Waals surface area contributed by atoms with Crippen molar-refractivity contribution in [2.45, 2.75) is 38.3 Å². The van der Waals surface area contributed by atoms with Gasteiger partial charge >= 0.3 is 0 Å². The van der Waals surface area contributed by atoms with Crippen LogP contribution in [-0.2, 0) is 0 Å². The van der Waals surface area contributed by atoms with Crippen LogP contribution in [0.3, 0.4) is 0 Å². The standard InChI is InChI=1S/C12H27N3/c1-12(2)7-6-11(13-3)10-15(12)9-8-14(4)5/h11,13H,6-10H2,1-5H3. The lowest BCUT2D eigenvalue weighted by Crippen LogP contribution is -2.56. The van der Waals surface area contributed by atoms with Gasteiger partial charge in [0, 0.05) is 31.2 Å². The predicted molar refractivity (Wildman–Crippen MR) is 66.3 cm³/mol. The molecule has 0 spiro atoms. The maximum Gasteiger partial charge on any atom is 0.0192 e. The molecule has 1 N–H and O–H groups in total. The van der Waals surface area contributed by atoms with Gasteiger partial charge in [-0.15, -0.1) is 0 Å². The molecular formula is C12H27N3. The van der Waals surface area contributed by atoms with Gasteiger partial charge in [-0.1, -0.05) is 0 Å². The summed E-state index contributed by atoms with van der Waals surface area (Å²) in [4.78, 5) is 4.89. The Morgan fingerprint density at radius 3 is 2.60 bits per heavy atom. The molecule has 1 atom stereocenters. The molecule has 0 saturated carbocycles. The van der Waals surface area contributed by atoms with Crippen LogP contribution in [0.15, 0.2) is 0 Å². The average molecular weight is 213 g/mol. The minimum absolute atomic E-state index is 0.378. The highest BCUT2D eigenvalue weighted by atomic mass is 15.2. The van der Waals surface area contributed by atoms with E-state index in [2.05, 4.69) is 50.1 Å². The first-order valence-electron chi connectivity index (χ1n) is 6.03. The molecule has 1 rings (SSSR count). The van der Waals surface area contributed by atoms with Crippen molar-refractivity contribution in [2.24, 2.45) is 0 Å². The highest BCUT2D eigenvalue weighted by Crippen LogP contribution is 2.26. The number of nitrogens with one attached hydrogen (secondary N) is 1. The van der Waals surface area contributed by atoms with Gasteiger partial charge in [0.15, 0.2) is 0 Å². The number of hydrogen-bond donors (Lipinski definition) is 1. The molecule has 0 radical (unpaired) electrons. The largest absolute Gasteiger partial charge is 0.316 e.